The number of hydrogen-bond donors (Lipinski definition) is 3. The van der Waals surface area contributed by atoms with Gasteiger partial charge in [0.25, 0.3) is 0 Å². The van der Waals surface area contributed by atoms with Gasteiger partial charge in [-0.1, -0.05) is 54.6 Å². The number of rotatable bonds is 6. The van der Waals surface area contributed by atoms with Crippen LogP contribution in [0.2, 0.25) is 0 Å². The van der Waals surface area contributed by atoms with Crippen molar-refractivity contribution in [2.24, 2.45) is 0 Å². The summed E-state index contributed by atoms with van der Waals surface area (Å²) in [6, 6.07) is 16.5. The molecule has 34 heavy (non-hydrogen) atoms. The van der Waals surface area contributed by atoms with Gasteiger partial charge >= 0.3 is 18.2 Å². The lowest BCUT2D eigenvalue weighted by Crippen LogP contribution is -2.43. The SMILES string of the molecule is O=C(NC(Cc1ccc(O)c(C(F)(F)F)c1)C(=O)O)OCC1c2ccccc2-c2ccccc21. The second-order valence-electron chi connectivity index (χ2n) is 7.91. The molecule has 0 spiro atoms. The zero-order valence-corrected chi connectivity index (χ0v) is 17.7. The molecular formula is C25H20F3NO5. The first-order chi connectivity index (χ1) is 16.1. The number of nitrogens with one attached hydrogen (secondary N) is 1. The predicted octanol–water partition coefficient (Wildman–Crippen LogP) is 4.95. The predicted molar refractivity (Wildman–Crippen MR) is 116 cm³/mol. The first-order valence-corrected chi connectivity index (χ1v) is 10.4. The first-order valence-electron chi connectivity index (χ1n) is 10.4. The molecule has 6 nitrogen and oxygen atoms in total. The number of aliphatic carboxylic acids is 1. The minimum Gasteiger partial charge on any atom is -0.507 e. The summed E-state index contributed by atoms with van der Waals surface area (Å²) in [5.41, 5.74) is 2.73. The van der Waals surface area contributed by atoms with E-state index in [9.17, 15) is 33.0 Å². The summed E-state index contributed by atoms with van der Waals surface area (Å²) in [6.45, 7) is -0.0381. The lowest BCUT2D eigenvalue weighted by atomic mass is 9.98. The zero-order chi connectivity index (χ0) is 24.5. The van der Waals surface area contributed by atoms with Crippen LogP contribution in [0.1, 0.15) is 28.2 Å². The molecular weight excluding hydrogens is 451 g/mol. The minimum atomic E-state index is -4.81. The van der Waals surface area contributed by atoms with Crippen LogP contribution < -0.4 is 5.32 Å². The van der Waals surface area contributed by atoms with Gasteiger partial charge in [0, 0.05) is 12.3 Å². The molecule has 0 bridgehead atoms. The van der Waals surface area contributed by atoms with E-state index in [2.05, 4.69) is 5.32 Å². The van der Waals surface area contributed by atoms with Crippen LogP contribution in [0, 0.1) is 0 Å². The third-order valence-corrected chi connectivity index (χ3v) is 5.74. The van der Waals surface area contributed by atoms with Crippen LogP contribution in [-0.2, 0) is 22.1 Å². The fourth-order valence-corrected chi connectivity index (χ4v) is 4.16. The van der Waals surface area contributed by atoms with Crippen LogP contribution >= 0.6 is 0 Å². The Bertz CT molecular complexity index is 1200. The van der Waals surface area contributed by atoms with Gasteiger partial charge in [-0.05, 0) is 39.9 Å². The quantitative estimate of drug-likeness (QED) is 0.473. The normalized spacial score (nSPS) is 13.6. The lowest BCUT2D eigenvalue weighted by molar-refractivity contribution is -0.139. The van der Waals surface area contributed by atoms with Gasteiger partial charge in [-0.3, -0.25) is 0 Å². The van der Waals surface area contributed by atoms with Crippen molar-refractivity contribution in [2.45, 2.75) is 24.6 Å². The highest BCUT2D eigenvalue weighted by Crippen LogP contribution is 2.44. The number of amides is 1. The number of phenolic OH excluding ortho intramolecular Hbond substituents is 1. The number of carbonyl (C=O) groups is 2. The summed E-state index contributed by atoms with van der Waals surface area (Å²) in [5.74, 6) is -2.63. The van der Waals surface area contributed by atoms with Crippen LogP contribution in [0.3, 0.4) is 0 Å². The third-order valence-electron chi connectivity index (χ3n) is 5.74. The van der Waals surface area contributed by atoms with E-state index < -0.39 is 42.0 Å². The van der Waals surface area contributed by atoms with E-state index in [1.807, 2.05) is 48.5 Å². The van der Waals surface area contributed by atoms with E-state index in [0.717, 1.165) is 28.3 Å². The second kappa shape index (κ2) is 9.09. The maximum absolute atomic E-state index is 13.0. The van der Waals surface area contributed by atoms with Crippen LogP contribution in [0.4, 0.5) is 18.0 Å². The maximum atomic E-state index is 13.0. The van der Waals surface area contributed by atoms with Gasteiger partial charge in [0.2, 0.25) is 0 Å². The number of carbonyl (C=O) groups excluding carboxylic acids is 1. The molecule has 1 aliphatic rings. The molecule has 1 unspecified atom stereocenters. The number of phenols is 1. The van der Waals surface area contributed by atoms with Gasteiger partial charge in [0.1, 0.15) is 18.4 Å². The molecule has 3 aromatic carbocycles. The highest BCUT2D eigenvalue weighted by atomic mass is 19.4. The van der Waals surface area contributed by atoms with Gasteiger partial charge in [-0.15, -0.1) is 0 Å². The Morgan fingerprint density at radius 2 is 1.56 bits per heavy atom. The molecule has 176 valence electrons. The van der Waals surface area contributed by atoms with Crippen molar-refractivity contribution < 1.29 is 37.7 Å². The summed E-state index contributed by atoms with van der Waals surface area (Å²) in [7, 11) is 0. The second-order valence-corrected chi connectivity index (χ2v) is 7.91. The number of aromatic hydroxyl groups is 1. The van der Waals surface area contributed by atoms with E-state index in [0.29, 0.717) is 6.07 Å². The number of fused-ring (bicyclic) bond motifs is 3. The van der Waals surface area contributed by atoms with Crippen LogP contribution in [-0.4, -0.2) is 34.9 Å². The molecule has 3 aromatic rings. The molecule has 0 saturated heterocycles. The molecule has 0 aliphatic heterocycles. The Morgan fingerprint density at radius 1 is 0.971 bits per heavy atom. The fraction of sp³-hybridized carbons (Fsp3) is 0.200. The number of hydrogen-bond acceptors (Lipinski definition) is 4. The third kappa shape index (κ3) is 4.68. The molecule has 4 rings (SSSR count). The van der Waals surface area contributed by atoms with Crippen LogP contribution in [0.25, 0.3) is 11.1 Å². The molecule has 1 aliphatic carbocycles. The number of carboxylic acids is 1. The maximum Gasteiger partial charge on any atom is 0.419 e. The molecule has 1 amide bonds. The van der Waals surface area contributed by atoms with Gasteiger partial charge in [-0.2, -0.15) is 13.2 Å². The Morgan fingerprint density at radius 3 is 2.12 bits per heavy atom. The average molecular weight is 471 g/mol. The molecule has 0 aromatic heterocycles. The summed E-state index contributed by atoms with van der Waals surface area (Å²) in [5, 5.41) is 21.1. The van der Waals surface area contributed by atoms with Crippen molar-refractivity contribution in [3.8, 4) is 16.9 Å². The van der Waals surface area contributed by atoms with E-state index >= 15 is 0 Å². The number of carboxylic acid groups (broad SMARTS) is 1. The van der Waals surface area contributed by atoms with Gasteiger partial charge in [-0.25, -0.2) is 9.59 Å². The first kappa shape index (κ1) is 23.2. The van der Waals surface area contributed by atoms with Gasteiger partial charge in [0.15, 0.2) is 0 Å². The minimum absolute atomic E-state index is 0.0172. The van der Waals surface area contributed by atoms with Crippen molar-refractivity contribution in [1.82, 2.24) is 5.32 Å². The highest BCUT2D eigenvalue weighted by Gasteiger charge is 2.35. The molecule has 0 radical (unpaired) electrons. The van der Waals surface area contributed by atoms with Crippen molar-refractivity contribution >= 4 is 12.1 Å². The molecule has 0 fully saturated rings. The monoisotopic (exact) mass is 471 g/mol. The molecule has 0 heterocycles. The molecule has 1 atom stereocenters. The number of benzene rings is 3. The smallest absolute Gasteiger partial charge is 0.419 e. The van der Waals surface area contributed by atoms with Crippen LogP contribution in [0.5, 0.6) is 5.75 Å². The van der Waals surface area contributed by atoms with Crippen molar-refractivity contribution in [1.29, 1.82) is 0 Å². The van der Waals surface area contributed by atoms with Crippen LogP contribution in [0.15, 0.2) is 66.7 Å². The van der Waals surface area contributed by atoms with E-state index in [-0.39, 0.29) is 18.1 Å². The highest BCUT2D eigenvalue weighted by molar-refractivity contribution is 5.81. The summed E-state index contributed by atoms with van der Waals surface area (Å²) >= 11 is 0. The van der Waals surface area contributed by atoms with Crippen molar-refractivity contribution in [2.75, 3.05) is 6.61 Å². The molecule has 0 saturated carbocycles. The molecule has 9 heteroatoms. The Kier molecular flexibility index (Phi) is 6.19. The lowest BCUT2D eigenvalue weighted by Gasteiger charge is -2.18. The van der Waals surface area contributed by atoms with Gasteiger partial charge in [0.05, 0.1) is 5.56 Å². The van der Waals surface area contributed by atoms with Gasteiger partial charge < -0.3 is 20.3 Å². The van der Waals surface area contributed by atoms with E-state index in [1.54, 1.807) is 0 Å². The Labute approximate surface area is 192 Å². The van der Waals surface area contributed by atoms with E-state index in [4.69, 9.17) is 4.74 Å². The van der Waals surface area contributed by atoms with Crippen molar-refractivity contribution in [3.63, 3.8) is 0 Å². The average Bonchev–Trinajstić information content (AvgIpc) is 3.11. The number of alkyl carbamates (subject to hydrolysis) is 1. The molecule has 3 N–H and O–H groups in total. The largest absolute Gasteiger partial charge is 0.507 e. The topological polar surface area (TPSA) is 95.9 Å². The number of ether oxygens (including phenoxy) is 1. The standard InChI is InChI=1S/C25H20F3NO5/c26-25(27,28)20-11-14(9-10-22(20)30)12-21(23(31)32)29-24(33)34-13-19-17-7-3-1-5-15(17)16-6-2-4-8-18(16)19/h1-11,19,21,30H,12-13H2,(H,29,33)(H,31,32). The summed E-state index contributed by atoms with van der Waals surface area (Å²) in [6.07, 6.45) is -6.23. The zero-order valence-electron chi connectivity index (χ0n) is 17.7. The number of alkyl halides is 3. The Balaban J connectivity index is 1.44. The van der Waals surface area contributed by atoms with Crippen molar-refractivity contribution in [3.05, 3.63) is 89.0 Å². The van der Waals surface area contributed by atoms with E-state index in [1.165, 1.54) is 6.07 Å². The number of halogens is 3. The summed E-state index contributed by atoms with van der Waals surface area (Å²) in [4.78, 5) is 24.0. The summed E-state index contributed by atoms with van der Waals surface area (Å²) < 4.78 is 44.4. The fourth-order valence-electron chi connectivity index (χ4n) is 4.16. The Hall–Kier alpha value is -4.01.